The van der Waals surface area contributed by atoms with E-state index in [1.807, 2.05) is 0 Å². The van der Waals surface area contributed by atoms with E-state index in [2.05, 4.69) is 6.58 Å². The molecule has 0 fully saturated rings. The Hall–Kier alpha value is -1.80. The molecule has 21 heavy (non-hydrogen) atoms. The predicted molar refractivity (Wildman–Crippen MR) is 77.0 cm³/mol. The van der Waals surface area contributed by atoms with Gasteiger partial charge in [0.1, 0.15) is 0 Å². The molecule has 0 radical (unpaired) electrons. The molecule has 0 aromatic heterocycles. The van der Waals surface area contributed by atoms with E-state index >= 15 is 0 Å². The lowest BCUT2D eigenvalue weighted by Crippen LogP contribution is -2.37. The molecular weight excluding hydrogens is 299 g/mol. The van der Waals surface area contributed by atoms with Crippen molar-refractivity contribution in [3.8, 4) is 0 Å². The number of hydrogen-bond donors (Lipinski definition) is 0. The number of benzene rings is 1. The molecule has 0 bridgehead atoms. The van der Waals surface area contributed by atoms with E-state index in [9.17, 15) is 22.9 Å². The Morgan fingerprint density at radius 2 is 2.05 bits per heavy atom. The second-order valence-electron chi connectivity index (χ2n) is 4.78. The molecule has 0 saturated heterocycles. The Labute approximate surface area is 123 Å². The lowest BCUT2D eigenvalue weighted by atomic mass is 10.2. The van der Waals surface area contributed by atoms with Crippen molar-refractivity contribution in [1.29, 1.82) is 0 Å². The lowest BCUT2D eigenvalue weighted by molar-refractivity contribution is -0.387. The van der Waals surface area contributed by atoms with Crippen LogP contribution in [0.1, 0.15) is 19.4 Å². The molecule has 116 valence electrons. The molecule has 0 aliphatic rings. The van der Waals surface area contributed by atoms with Crippen LogP contribution >= 0.6 is 0 Å². The number of aryl methyl sites for hydroxylation is 1. The number of rotatable bonds is 6. The summed E-state index contributed by atoms with van der Waals surface area (Å²) in [5.74, 6) is -1.06. The van der Waals surface area contributed by atoms with Gasteiger partial charge in [-0.3, -0.25) is 10.1 Å². The number of halogens is 1. The van der Waals surface area contributed by atoms with Gasteiger partial charge in [0, 0.05) is 18.7 Å². The molecule has 6 nitrogen and oxygen atoms in total. The maximum Gasteiger partial charge on any atom is 0.306 e. The van der Waals surface area contributed by atoms with Gasteiger partial charge >= 0.3 is 5.69 Å². The Balaban J connectivity index is 3.53. The monoisotopic (exact) mass is 316 g/mol. The average molecular weight is 316 g/mol. The van der Waals surface area contributed by atoms with Gasteiger partial charge in [-0.05, 0) is 32.4 Å². The molecule has 0 saturated carbocycles. The lowest BCUT2D eigenvalue weighted by Gasteiger charge is -2.25. The molecule has 0 spiro atoms. The van der Waals surface area contributed by atoms with Crippen LogP contribution in [-0.4, -0.2) is 30.2 Å². The molecule has 0 aliphatic carbocycles. The highest BCUT2D eigenvalue weighted by Crippen LogP contribution is 2.28. The van der Waals surface area contributed by atoms with Crippen molar-refractivity contribution in [3.63, 3.8) is 0 Å². The molecular formula is C13H17FN2O4S. The van der Waals surface area contributed by atoms with Crippen LogP contribution in [0.5, 0.6) is 0 Å². The number of nitrogens with zero attached hydrogens (tertiary/aromatic N) is 2. The maximum absolute atomic E-state index is 13.5. The summed E-state index contributed by atoms with van der Waals surface area (Å²) in [6.07, 6.45) is 1.42. The summed E-state index contributed by atoms with van der Waals surface area (Å²) in [5, 5.41) is 10.8. The summed E-state index contributed by atoms with van der Waals surface area (Å²) in [4.78, 5) is 9.57. The van der Waals surface area contributed by atoms with Crippen LogP contribution in [0.4, 0.5) is 10.1 Å². The van der Waals surface area contributed by atoms with Crippen LogP contribution in [0.15, 0.2) is 29.7 Å². The topological polar surface area (TPSA) is 80.5 Å². The third-order valence-corrected chi connectivity index (χ3v) is 5.10. The summed E-state index contributed by atoms with van der Waals surface area (Å²) in [7, 11) is -3.97. The van der Waals surface area contributed by atoms with Crippen LogP contribution in [0.3, 0.4) is 0 Å². The maximum atomic E-state index is 13.5. The fraction of sp³-hybridized carbons (Fsp3) is 0.385. The average Bonchev–Trinajstić information content (AvgIpc) is 2.34. The summed E-state index contributed by atoms with van der Waals surface area (Å²) in [5.41, 5.74) is -0.741. The van der Waals surface area contributed by atoms with Crippen LogP contribution in [0.2, 0.25) is 0 Å². The predicted octanol–water partition coefficient (Wildman–Crippen LogP) is 2.63. The molecule has 0 N–H and O–H groups in total. The summed E-state index contributed by atoms with van der Waals surface area (Å²) in [6.45, 7) is 8.30. The van der Waals surface area contributed by atoms with Crippen molar-refractivity contribution in [3.05, 3.63) is 46.3 Å². The number of sulfonamides is 1. The molecule has 0 amide bonds. The van der Waals surface area contributed by atoms with E-state index in [0.29, 0.717) is 0 Å². The van der Waals surface area contributed by atoms with Crippen LogP contribution < -0.4 is 0 Å². The van der Waals surface area contributed by atoms with Crippen molar-refractivity contribution in [2.75, 3.05) is 6.54 Å². The van der Waals surface area contributed by atoms with Crippen molar-refractivity contribution >= 4 is 15.7 Å². The number of hydrogen-bond acceptors (Lipinski definition) is 4. The van der Waals surface area contributed by atoms with E-state index < -0.39 is 26.5 Å². The zero-order valence-electron chi connectivity index (χ0n) is 12.0. The first-order chi connectivity index (χ1) is 9.62. The summed E-state index contributed by atoms with van der Waals surface area (Å²) < 4.78 is 39.9. The Morgan fingerprint density at radius 1 is 1.48 bits per heavy atom. The Morgan fingerprint density at radius 3 is 2.48 bits per heavy atom. The molecule has 0 aliphatic heterocycles. The van der Waals surface area contributed by atoms with E-state index in [1.54, 1.807) is 13.8 Å². The molecule has 8 heteroatoms. The highest BCUT2D eigenvalue weighted by atomic mass is 32.2. The van der Waals surface area contributed by atoms with Crippen LogP contribution in [0, 0.1) is 22.9 Å². The van der Waals surface area contributed by atoms with Crippen LogP contribution in [-0.2, 0) is 10.0 Å². The second kappa shape index (κ2) is 6.31. The highest BCUT2D eigenvalue weighted by molar-refractivity contribution is 7.89. The van der Waals surface area contributed by atoms with Crippen molar-refractivity contribution in [2.24, 2.45) is 0 Å². The first-order valence-electron chi connectivity index (χ1n) is 6.20. The van der Waals surface area contributed by atoms with Gasteiger partial charge < -0.3 is 0 Å². The third kappa shape index (κ3) is 3.45. The fourth-order valence-electron chi connectivity index (χ4n) is 1.90. The van der Waals surface area contributed by atoms with Gasteiger partial charge in [0.25, 0.3) is 0 Å². The van der Waals surface area contributed by atoms with Gasteiger partial charge in [0.15, 0.2) is 0 Å². The Kier molecular flexibility index (Phi) is 5.19. The quantitative estimate of drug-likeness (QED) is 0.459. The van der Waals surface area contributed by atoms with Gasteiger partial charge in [-0.1, -0.05) is 6.08 Å². The van der Waals surface area contributed by atoms with E-state index in [4.69, 9.17) is 0 Å². The minimum atomic E-state index is -3.97. The SMILES string of the molecule is C=CCN(C(C)C)S(=O)(=O)c1cc([N+](=O)[O-])c(F)cc1C. The summed E-state index contributed by atoms with van der Waals surface area (Å²) >= 11 is 0. The minimum absolute atomic E-state index is 0.0601. The number of nitro groups is 1. The molecule has 0 atom stereocenters. The largest absolute Gasteiger partial charge is 0.306 e. The van der Waals surface area contributed by atoms with Crippen molar-refractivity contribution in [1.82, 2.24) is 4.31 Å². The van der Waals surface area contributed by atoms with E-state index in [0.717, 1.165) is 16.4 Å². The molecule has 1 aromatic carbocycles. The van der Waals surface area contributed by atoms with Crippen LogP contribution in [0.25, 0.3) is 0 Å². The second-order valence-corrected chi connectivity index (χ2v) is 6.64. The zero-order valence-corrected chi connectivity index (χ0v) is 12.9. The van der Waals surface area contributed by atoms with Gasteiger partial charge in [0.2, 0.25) is 15.8 Å². The first-order valence-corrected chi connectivity index (χ1v) is 7.64. The van der Waals surface area contributed by atoms with E-state index in [1.165, 1.54) is 13.0 Å². The van der Waals surface area contributed by atoms with Gasteiger partial charge in [-0.15, -0.1) is 6.58 Å². The highest BCUT2D eigenvalue weighted by Gasteiger charge is 2.30. The van der Waals surface area contributed by atoms with E-state index in [-0.39, 0.29) is 23.0 Å². The van der Waals surface area contributed by atoms with Gasteiger partial charge in [-0.2, -0.15) is 8.70 Å². The zero-order chi connectivity index (χ0) is 16.4. The standard InChI is InChI=1S/C13H17FN2O4S/c1-5-6-15(9(2)3)21(19,20)13-8-12(16(17)18)11(14)7-10(13)4/h5,7-9H,1,6H2,2-4H3. The fourth-order valence-corrected chi connectivity index (χ4v) is 3.74. The molecule has 0 unspecified atom stereocenters. The summed E-state index contributed by atoms with van der Waals surface area (Å²) in [6, 6.07) is 1.26. The first kappa shape index (κ1) is 17.3. The van der Waals surface area contributed by atoms with Crippen molar-refractivity contribution < 1.29 is 17.7 Å². The normalized spacial score (nSPS) is 11.9. The Bertz CT molecular complexity index is 671. The molecule has 1 aromatic rings. The van der Waals surface area contributed by atoms with Gasteiger partial charge in [0.05, 0.1) is 9.82 Å². The smallest absolute Gasteiger partial charge is 0.258 e. The minimum Gasteiger partial charge on any atom is -0.258 e. The molecule has 1 rings (SSSR count). The van der Waals surface area contributed by atoms with Crippen molar-refractivity contribution in [2.45, 2.75) is 31.7 Å². The number of nitro benzene ring substituents is 1. The third-order valence-electron chi connectivity index (χ3n) is 2.91. The molecule has 0 heterocycles. The van der Waals surface area contributed by atoms with Gasteiger partial charge in [-0.25, -0.2) is 8.42 Å².